The third kappa shape index (κ3) is 9.48. The highest BCUT2D eigenvalue weighted by atomic mass is 16.5. The van der Waals surface area contributed by atoms with Gasteiger partial charge in [-0.2, -0.15) is 0 Å². The van der Waals surface area contributed by atoms with E-state index in [-0.39, 0.29) is 17.0 Å². The second kappa shape index (κ2) is 16.2. The van der Waals surface area contributed by atoms with E-state index in [1.54, 1.807) is 4.90 Å². The number of piperidine rings is 1. The molecular weight excluding hydrogens is 538 g/mol. The van der Waals surface area contributed by atoms with Gasteiger partial charge in [0.2, 0.25) is 0 Å². The van der Waals surface area contributed by atoms with E-state index in [9.17, 15) is 24.6 Å². The zero-order valence-corrected chi connectivity index (χ0v) is 24.3. The standard InChI is InChI=1S/C33H43NO8/c35-31(34-18-16-25(17-19-34)32(36)37)29-23-26(33(38)39)12-15-30(29)42-22-6-7-24-10-13-28(14-11-24)41-21-5-4-20-40-27-8-2-1-3-9-27/h10-15,23,25,27H,1-9,16-22H2,(H,36,37)(H,38,39). The van der Waals surface area contributed by atoms with Gasteiger partial charge in [0.15, 0.2) is 0 Å². The van der Waals surface area contributed by atoms with Gasteiger partial charge in [-0.1, -0.05) is 31.4 Å². The van der Waals surface area contributed by atoms with Crippen LogP contribution in [0.5, 0.6) is 11.5 Å². The van der Waals surface area contributed by atoms with Gasteiger partial charge in [-0.25, -0.2) is 4.79 Å². The molecule has 1 aliphatic carbocycles. The smallest absolute Gasteiger partial charge is 0.335 e. The third-order valence-electron chi connectivity index (χ3n) is 8.09. The van der Waals surface area contributed by atoms with Crippen molar-refractivity contribution in [1.82, 2.24) is 4.90 Å². The van der Waals surface area contributed by atoms with Crippen LogP contribution in [0.15, 0.2) is 42.5 Å². The molecule has 228 valence electrons. The van der Waals surface area contributed by atoms with Gasteiger partial charge in [-0.15, -0.1) is 0 Å². The quantitative estimate of drug-likeness (QED) is 0.252. The van der Waals surface area contributed by atoms with Gasteiger partial charge in [0.1, 0.15) is 11.5 Å². The van der Waals surface area contributed by atoms with Crippen LogP contribution >= 0.6 is 0 Å². The van der Waals surface area contributed by atoms with Gasteiger partial charge in [0.05, 0.1) is 36.4 Å². The molecule has 42 heavy (non-hydrogen) atoms. The van der Waals surface area contributed by atoms with Crippen molar-refractivity contribution in [2.45, 2.75) is 76.7 Å². The summed E-state index contributed by atoms with van der Waals surface area (Å²) in [6.45, 7) is 2.44. The highest BCUT2D eigenvalue weighted by molar-refractivity contribution is 6.00. The van der Waals surface area contributed by atoms with Crippen LogP contribution < -0.4 is 9.47 Å². The van der Waals surface area contributed by atoms with Crippen molar-refractivity contribution in [2.75, 3.05) is 32.9 Å². The average Bonchev–Trinajstić information content (AvgIpc) is 3.01. The number of likely N-dealkylation sites (tertiary alicyclic amines) is 1. The molecule has 2 aromatic carbocycles. The number of ether oxygens (including phenoxy) is 3. The molecule has 1 saturated heterocycles. The molecular formula is C33H43NO8. The minimum atomic E-state index is -1.13. The van der Waals surface area contributed by atoms with Crippen LogP contribution in [-0.4, -0.2) is 72.0 Å². The zero-order valence-electron chi connectivity index (χ0n) is 24.3. The molecule has 2 fully saturated rings. The first kappa shape index (κ1) is 31.3. The number of nitrogens with zero attached hydrogens (tertiary/aromatic N) is 1. The number of unbranched alkanes of at least 4 members (excludes halogenated alkanes) is 1. The first-order chi connectivity index (χ1) is 20.4. The lowest BCUT2D eigenvalue weighted by molar-refractivity contribution is -0.143. The van der Waals surface area contributed by atoms with Crippen LogP contribution in [0.3, 0.4) is 0 Å². The number of aryl methyl sites for hydroxylation is 1. The SMILES string of the molecule is O=C(O)c1ccc(OCCCc2ccc(OCCCCOC3CCCCC3)cc2)c(C(=O)N2CCC(C(=O)O)CC2)c1. The Morgan fingerprint density at radius 2 is 1.48 bits per heavy atom. The number of hydrogen-bond acceptors (Lipinski definition) is 6. The van der Waals surface area contributed by atoms with Crippen molar-refractivity contribution in [2.24, 2.45) is 5.92 Å². The Labute approximate surface area is 247 Å². The summed E-state index contributed by atoms with van der Waals surface area (Å²) >= 11 is 0. The molecule has 2 aromatic rings. The second-order valence-electron chi connectivity index (χ2n) is 11.2. The Kier molecular flexibility index (Phi) is 12.1. The lowest BCUT2D eigenvalue weighted by atomic mass is 9.96. The normalized spacial score (nSPS) is 16.2. The molecule has 1 aliphatic heterocycles. The van der Waals surface area contributed by atoms with E-state index in [1.807, 2.05) is 24.3 Å². The fraction of sp³-hybridized carbons (Fsp3) is 0.545. The summed E-state index contributed by atoms with van der Waals surface area (Å²) in [5.41, 5.74) is 1.33. The number of amides is 1. The van der Waals surface area contributed by atoms with E-state index < -0.39 is 17.9 Å². The molecule has 0 atom stereocenters. The summed E-state index contributed by atoms with van der Waals surface area (Å²) in [6.07, 6.45) is 11.0. The molecule has 0 radical (unpaired) electrons. The number of aliphatic carboxylic acids is 1. The Hall–Kier alpha value is -3.59. The maximum absolute atomic E-state index is 13.2. The third-order valence-corrected chi connectivity index (χ3v) is 8.09. The lowest BCUT2D eigenvalue weighted by Crippen LogP contribution is -2.40. The first-order valence-electron chi connectivity index (χ1n) is 15.3. The highest BCUT2D eigenvalue weighted by Gasteiger charge is 2.29. The predicted octanol–water partition coefficient (Wildman–Crippen LogP) is 5.84. The number of carboxylic acid groups (broad SMARTS) is 2. The van der Waals surface area contributed by atoms with Gasteiger partial charge in [0.25, 0.3) is 5.91 Å². The van der Waals surface area contributed by atoms with E-state index in [0.717, 1.165) is 37.2 Å². The fourth-order valence-electron chi connectivity index (χ4n) is 5.54. The van der Waals surface area contributed by atoms with Crippen LogP contribution in [0.1, 0.15) is 90.5 Å². The summed E-state index contributed by atoms with van der Waals surface area (Å²) in [5.74, 6) is -1.62. The molecule has 2 aliphatic rings. The number of rotatable bonds is 15. The molecule has 0 bridgehead atoms. The van der Waals surface area contributed by atoms with E-state index in [1.165, 1.54) is 50.3 Å². The molecule has 0 spiro atoms. The molecule has 0 aromatic heterocycles. The Morgan fingerprint density at radius 3 is 2.17 bits per heavy atom. The van der Waals surface area contributed by atoms with Gasteiger partial charge < -0.3 is 29.3 Å². The van der Waals surface area contributed by atoms with E-state index in [2.05, 4.69) is 0 Å². The fourth-order valence-corrected chi connectivity index (χ4v) is 5.54. The van der Waals surface area contributed by atoms with E-state index in [0.29, 0.717) is 57.4 Å². The number of aromatic carboxylic acids is 1. The monoisotopic (exact) mass is 581 g/mol. The average molecular weight is 582 g/mol. The minimum absolute atomic E-state index is 0.00112. The highest BCUT2D eigenvalue weighted by Crippen LogP contribution is 2.26. The van der Waals surface area contributed by atoms with Crippen LogP contribution in [0, 0.1) is 5.92 Å². The van der Waals surface area contributed by atoms with Crippen molar-refractivity contribution in [3.8, 4) is 11.5 Å². The largest absolute Gasteiger partial charge is 0.494 e. The van der Waals surface area contributed by atoms with Gasteiger partial charge in [-0.05, 0) is 87.3 Å². The number of benzene rings is 2. The Bertz CT molecular complexity index is 1170. The minimum Gasteiger partial charge on any atom is -0.494 e. The molecule has 1 amide bonds. The predicted molar refractivity (Wildman–Crippen MR) is 157 cm³/mol. The molecule has 0 unspecified atom stereocenters. The van der Waals surface area contributed by atoms with Crippen molar-refractivity contribution < 1.29 is 38.8 Å². The van der Waals surface area contributed by atoms with Crippen LogP contribution in [0.25, 0.3) is 0 Å². The Balaban J connectivity index is 1.19. The molecule has 1 saturated carbocycles. The Morgan fingerprint density at radius 1 is 0.786 bits per heavy atom. The number of carbonyl (C=O) groups excluding carboxylic acids is 1. The summed E-state index contributed by atoms with van der Waals surface area (Å²) in [5, 5.41) is 18.7. The summed E-state index contributed by atoms with van der Waals surface area (Å²) in [4.78, 5) is 37.6. The molecule has 1 heterocycles. The van der Waals surface area contributed by atoms with Crippen molar-refractivity contribution in [3.05, 3.63) is 59.2 Å². The van der Waals surface area contributed by atoms with Crippen LogP contribution in [0.4, 0.5) is 0 Å². The van der Waals surface area contributed by atoms with Crippen molar-refractivity contribution in [1.29, 1.82) is 0 Å². The number of hydrogen-bond donors (Lipinski definition) is 2. The van der Waals surface area contributed by atoms with Gasteiger partial charge in [0, 0.05) is 19.7 Å². The van der Waals surface area contributed by atoms with Crippen LogP contribution in [0.2, 0.25) is 0 Å². The second-order valence-corrected chi connectivity index (χ2v) is 11.2. The van der Waals surface area contributed by atoms with Crippen molar-refractivity contribution >= 4 is 17.8 Å². The zero-order chi connectivity index (χ0) is 29.7. The van der Waals surface area contributed by atoms with Gasteiger partial charge in [-0.3, -0.25) is 9.59 Å². The molecule has 9 nitrogen and oxygen atoms in total. The maximum atomic E-state index is 13.2. The topological polar surface area (TPSA) is 123 Å². The van der Waals surface area contributed by atoms with Gasteiger partial charge >= 0.3 is 11.9 Å². The molecule has 9 heteroatoms. The maximum Gasteiger partial charge on any atom is 0.335 e. The number of carbonyl (C=O) groups is 3. The van der Waals surface area contributed by atoms with Crippen LogP contribution in [-0.2, 0) is 16.0 Å². The first-order valence-corrected chi connectivity index (χ1v) is 15.3. The lowest BCUT2D eigenvalue weighted by Gasteiger charge is -2.30. The number of carboxylic acids is 2. The molecule has 4 rings (SSSR count). The summed E-state index contributed by atoms with van der Waals surface area (Å²) in [6, 6.07) is 12.3. The molecule has 2 N–H and O–H groups in total. The van der Waals surface area contributed by atoms with E-state index in [4.69, 9.17) is 14.2 Å². The van der Waals surface area contributed by atoms with E-state index >= 15 is 0 Å². The summed E-state index contributed by atoms with van der Waals surface area (Å²) in [7, 11) is 0. The van der Waals surface area contributed by atoms with Crippen molar-refractivity contribution in [3.63, 3.8) is 0 Å². The summed E-state index contributed by atoms with van der Waals surface area (Å²) < 4.78 is 17.8.